The van der Waals surface area contributed by atoms with Crippen LogP contribution in [0.3, 0.4) is 0 Å². The third kappa shape index (κ3) is 12.4. The van der Waals surface area contributed by atoms with E-state index in [0.717, 1.165) is 99.7 Å². The molecule has 0 atom stereocenters. The van der Waals surface area contributed by atoms with Crippen molar-refractivity contribution in [3.05, 3.63) is 118 Å². The monoisotopic (exact) mass is 785 g/mol. The lowest BCUT2D eigenvalue weighted by Gasteiger charge is -2.08. The lowest BCUT2D eigenvalue weighted by atomic mass is 10.0. The molecular formula is C48H63N7O3. The Morgan fingerprint density at radius 3 is 1.43 bits per heavy atom. The molecular weight excluding hydrogens is 723 g/mol. The van der Waals surface area contributed by atoms with E-state index in [0.29, 0.717) is 36.3 Å². The first-order valence-corrected chi connectivity index (χ1v) is 20.4. The summed E-state index contributed by atoms with van der Waals surface area (Å²) >= 11 is 0. The molecule has 0 spiro atoms. The number of pyridine rings is 2. The summed E-state index contributed by atoms with van der Waals surface area (Å²) < 4.78 is 0. The maximum Gasteiger partial charge on any atom is 0.251 e. The van der Waals surface area contributed by atoms with Crippen molar-refractivity contribution in [1.82, 2.24) is 35.9 Å². The van der Waals surface area contributed by atoms with Crippen LogP contribution in [0.1, 0.15) is 133 Å². The predicted molar refractivity (Wildman–Crippen MR) is 240 cm³/mol. The molecule has 10 heteroatoms. The second-order valence-electron chi connectivity index (χ2n) is 14.1. The molecule has 0 unspecified atom stereocenters. The molecule has 0 aliphatic rings. The molecule has 0 fully saturated rings. The Hall–Kier alpha value is -5.77. The zero-order chi connectivity index (χ0) is 41.5. The fraction of sp³-hybridized carbons (Fsp3) is 0.396. The molecule has 6 aromatic rings. The smallest absolute Gasteiger partial charge is 0.251 e. The number of benzene rings is 3. The Morgan fingerprint density at radius 1 is 0.483 bits per heavy atom. The number of nitrogens with one attached hydrogen (secondary N) is 3. The quantitative estimate of drug-likeness (QED) is 0.112. The van der Waals surface area contributed by atoms with Gasteiger partial charge in [-0.3, -0.25) is 24.4 Å². The van der Waals surface area contributed by atoms with Gasteiger partial charge in [0.15, 0.2) is 0 Å². The topological polar surface area (TPSA) is 139 Å². The molecule has 308 valence electrons. The second kappa shape index (κ2) is 22.8. The molecule has 3 amide bonds. The van der Waals surface area contributed by atoms with E-state index in [1.165, 1.54) is 5.56 Å². The number of amides is 3. The fourth-order valence-electron chi connectivity index (χ4n) is 6.52. The number of carbonyl (C=O) groups is 3. The number of hydrogen-bond donors (Lipinski definition) is 3. The van der Waals surface area contributed by atoms with E-state index < -0.39 is 0 Å². The SMILES string of the molecule is C.CCCNC(=O)c1ccc2c(CC)cc(C)nc2c1.CCCNC(=O)c1ccc2c(CC)nc(C)cc2c1.CCCNC(=O)c1ccc2c(CC)nc(C)nc2c1. The minimum absolute atomic E-state index is 0. The van der Waals surface area contributed by atoms with Crippen molar-refractivity contribution in [2.45, 2.75) is 108 Å². The Kier molecular flexibility index (Phi) is 18.4. The van der Waals surface area contributed by atoms with Crippen LogP contribution in [-0.4, -0.2) is 57.3 Å². The van der Waals surface area contributed by atoms with E-state index in [1.807, 2.05) is 102 Å². The van der Waals surface area contributed by atoms with Crippen LogP contribution in [0.15, 0.2) is 66.7 Å². The normalized spacial score (nSPS) is 10.5. The summed E-state index contributed by atoms with van der Waals surface area (Å²) in [4.78, 5) is 53.8. The van der Waals surface area contributed by atoms with Crippen LogP contribution >= 0.6 is 0 Å². The van der Waals surface area contributed by atoms with Crippen LogP contribution in [-0.2, 0) is 19.3 Å². The highest BCUT2D eigenvalue weighted by atomic mass is 16.2. The van der Waals surface area contributed by atoms with Gasteiger partial charge in [-0.2, -0.15) is 0 Å². The summed E-state index contributed by atoms with van der Waals surface area (Å²) in [6.45, 7) is 20.4. The van der Waals surface area contributed by atoms with E-state index >= 15 is 0 Å². The van der Waals surface area contributed by atoms with Crippen LogP contribution in [0.5, 0.6) is 0 Å². The number of hydrogen-bond acceptors (Lipinski definition) is 7. The van der Waals surface area contributed by atoms with Gasteiger partial charge in [-0.25, -0.2) is 9.97 Å². The molecule has 10 nitrogen and oxygen atoms in total. The molecule has 0 saturated heterocycles. The standard InChI is InChI=1S/2C16H20N2O.C15H19N3O.CH4/c1-4-8-17-16(19)12-6-7-14-13(10-12)9-11(3)18-15(14)5-2;1-4-8-17-16(19)13-6-7-14-12(5-2)9-11(3)18-15(14)10-13;1-4-8-16-15(19)11-6-7-12-13(5-2)17-10(3)18-14(12)9-11;/h2*6-7,9-10H,4-5,8H2,1-3H3,(H,17,19);6-7,9H,4-5,8H2,1-3H3,(H,16,19);1H4. The highest BCUT2D eigenvalue weighted by molar-refractivity contribution is 6.00. The molecule has 0 bridgehead atoms. The summed E-state index contributed by atoms with van der Waals surface area (Å²) in [6, 6.07) is 21.4. The Bertz CT molecular complexity index is 2080. The van der Waals surface area contributed by atoms with Gasteiger partial charge in [0.1, 0.15) is 5.82 Å². The van der Waals surface area contributed by atoms with Crippen LogP contribution in [0.25, 0.3) is 32.6 Å². The minimum atomic E-state index is -0.0435. The van der Waals surface area contributed by atoms with Crippen LogP contribution in [0, 0.1) is 20.8 Å². The molecule has 58 heavy (non-hydrogen) atoms. The van der Waals surface area contributed by atoms with Gasteiger partial charge in [0.05, 0.1) is 16.7 Å². The molecule has 0 saturated carbocycles. The highest BCUT2D eigenvalue weighted by Crippen LogP contribution is 2.22. The average Bonchev–Trinajstić information content (AvgIpc) is 3.22. The Labute approximate surface area is 345 Å². The van der Waals surface area contributed by atoms with E-state index in [9.17, 15) is 14.4 Å². The van der Waals surface area contributed by atoms with E-state index in [1.54, 1.807) is 0 Å². The summed E-state index contributed by atoms with van der Waals surface area (Å²) in [7, 11) is 0. The van der Waals surface area contributed by atoms with Crippen molar-refractivity contribution in [1.29, 1.82) is 0 Å². The minimum Gasteiger partial charge on any atom is -0.352 e. The first kappa shape index (κ1) is 46.6. The van der Waals surface area contributed by atoms with Gasteiger partial charge in [-0.1, -0.05) is 67.2 Å². The predicted octanol–water partition coefficient (Wildman–Crippen LogP) is 9.77. The average molecular weight is 786 g/mol. The number of aromatic nitrogens is 4. The van der Waals surface area contributed by atoms with Gasteiger partial charge in [-0.05, 0) is 119 Å². The van der Waals surface area contributed by atoms with Crippen molar-refractivity contribution in [2.75, 3.05) is 19.6 Å². The maximum absolute atomic E-state index is 12.0. The summed E-state index contributed by atoms with van der Waals surface area (Å²) in [6.07, 6.45) is 5.56. The fourth-order valence-corrected chi connectivity index (χ4v) is 6.52. The largest absolute Gasteiger partial charge is 0.352 e. The second-order valence-corrected chi connectivity index (χ2v) is 14.1. The third-order valence-corrected chi connectivity index (χ3v) is 9.39. The van der Waals surface area contributed by atoms with Crippen molar-refractivity contribution in [2.24, 2.45) is 0 Å². The molecule has 0 radical (unpaired) electrons. The maximum atomic E-state index is 12.0. The molecule has 0 aliphatic carbocycles. The first-order chi connectivity index (χ1) is 27.5. The van der Waals surface area contributed by atoms with Crippen LogP contribution in [0.4, 0.5) is 0 Å². The molecule has 3 aromatic carbocycles. The Morgan fingerprint density at radius 2 is 0.931 bits per heavy atom. The number of carbonyl (C=O) groups excluding carboxylic acids is 3. The van der Waals surface area contributed by atoms with Gasteiger partial charge in [-0.15, -0.1) is 0 Å². The zero-order valence-corrected chi connectivity index (χ0v) is 35.2. The summed E-state index contributed by atoms with van der Waals surface area (Å²) in [5.74, 6) is 0.676. The van der Waals surface area contributed by atoms with Crippen molar-refractivity contribution in [3.8, 4) is 0 Å². The van der Waals surface area contributed by atoms with E-state index in [4.69, 9.17) is 0 Å². The molecule has 3 N–H and O–H groups in total. The van der Waals surface area contributed by atoms with Crippen molar-refractivity contribution in [3.63, 3.8) is 0 Å². The summed E-state index contributed by atoms with van der Waals surface area (Å²) in [5, 5.41) is 13.1. The number of aryl methyl sites for hydroxylation is 6. The van der Waals surface area contributed by atoms with Gasteiger partial charge < -0.3 is 16.0 Å². The molecule has 0 aliphatic heterocycles. The third-order valence-electron chi connectivity index (χ3n) is 9.39. The van der Waals surface area contributed by atoms with E-state index in [2.05, 4.69) is 62.7 Å². The highest BCUT2D eigenvalue weighted by Gasteiger charge is 2.11. The number of nitrogens with zero attached hydrogens (tertiary/aromatic N) is 4. The van der Waals surface area contributed by atoms with Gasteiger partial charge in [0, 0.05) is 69.6 Å². The Balaban J connectivity index is 0.000000231. The van der Waals surface area contributed by atoms with Crippen molar-refractivity contribution >= 4 is 50.3 Å². The van der Waals surface area contributed by atoms with Gasteiger partial charge in [0.25, 0.3) is 17.7 Å². The van der Waals surface area contributed by atoms with Crippen molar-refractivity contribution < 1.29 is 14.4 Å². The van der Waals surface area contributed by atoms with Gasteiger partial charge in [0.2, 0.25) is 0 Å². The summed E-state index contributed by atoms with van der Waals surface area (Å²) in [5.41, 5.74) is 9.19. The van der Waals surface area contributed by atoms with Crippen LogP contribution < -0.4 is 16.0 Å². The molecule has 3 heterocycles. The number of rotatable bonds is 12. The van der Waals surface area contributed by atoms with Gasteiger partial charge >= 0.3 is 0 Å². The number of fused-ring (bicyclic) bond motifs is 3. The molecule has 6 rings (SSSR count). The molecule has 3 aromatic heterocycles. The van der Waals surface area contributed by atoms with E-state index in [-0.39, 0.29) is 25.1 Å². The lowest BCUT2D eigenvalue weighted by molar-refractivity contribution is 0.0945. The zero-order valence-electron chi connectivity index (χ0n) is 35.2. The first-order valence-electron chi connectivity index (χ1n) is 20.4. The van der Waals surface area contributed by atoms with Crippen LogP contribution in [0.2, 0.25) is 0 Å². The lowest BCUT2D eigenvalue weighted by Crippen LogP contribution is -2.23.